The van der Waals surface area contributed by atoms with E-state index in [1.165, 1.54) is 0 Å². The number of rotatable bonds is 3. The van der Waals surface area contributed by atoms with E-state index in [0.29, 0.717) is 16.1 Å². The van der Waals surface area contributed by atoms with Crippen molar-refractivity contribution in [3.63, 3.8) is 0 Å². The first-order valence-corrected chi connectivity index (χ1v) is 11.4. The fraction of sp³-hybridized carbons (Fsp3) is 0.0769. The van der Waals surface area contributed by atoms with Gasteiger partial charge < -0.3 is 5.32 Å². The smallest absolute Gasteiger partial charge is 0.258 e. The third-order valence-corrected chi connectivity index (χ3v) is 6.07. The van der Waals surface area contributed by atoms with E-state index >= 15 is 0 Å². The highest BCUT2D eigenvalue weighted by Crippen LogP contribution is 2.25. The zero-order valence-electron chi connectivity index (χ0n) is 18.5. The number of nitrogens with zero attached hydrogens (tertiary/aromatic N) is 3. The number of halogens is 1. The number of nitrogens with one attached hydrogen (secondary N) is 2. The predicted molar refractivity (Wildman–Crippen MR) is 141 cm³/mol. The summed E-state index contributed by atoms with van der Waals surface area (Å²) in [7, 11) is 0. The highest BCUT2D eigenvalue weighted by molar-refractivity contribution is 7.80. The fourth-order valence-corrected chi connectivity index (χ4v) is 4.34. The summed E-state index contributed by atoms with van der Waals surface area (Å²) in [6.07, 6.45) is 0. The molecule has 34 heavy (non-hydrogen) atoms. The first-order chi connectivity index (χ1) is 16.4. The number of carbonyl (C=O) groups excluding carboxylic acids is 1. The fourth-order valence-electron chi connectivity index (χ4n) is 3.82. The number of thiocarbonyl (C=S) groups is 1. The molecule has 0 saturated carbocycles. The first kappa shape index (κ1) is 22.0. The van der Waals surface area contributed by atoms with E-state index in [2.05, 4.69) is 39.0 Å². The van der Waals surface area contributed by atoms with E-state index in [0.717, 1.165) is 38.8 Å². The van der Waals surface area contributed by atoms with Crippen molar-refractivity contribution in [2.45, 2.75) is 13.8 Å². The Labute approximate surface area is 206 Å². The number of benzene rings is 4. The Morgan fingerprint density at radius 3 is 2.47 bits per heavy atom. The van der Waals surface area contributed by atoms with Gasteiger partial charge >= 0.3 is 0 Å². The highest BCUT2D eigenvalue weighted by atomic mass is 35.5. The van der Waals surface area contributed by atoms with Crippen LogP contribution in [0, 0.1) is 13.8 Å². The summed E-state index contributed by atoms with van der Waals surface area (Å²) < 4.78 is 0. The second-order valence-corrected chi connectivity index (χ2v) is 8.85. The maximum atomic E-state index is 12.6. The molecule has 8 heteroatoms. The lowest BCUT2D eigenvalue weighted by molar-refractivity contribution is 0.0978. The maximum Gasteiger partial charge on any atom is 0.258 e. The average molecular weight is 486 g/mol. The van der Waals surface area contributed by atoms with Crippen molar-refractivity contribution < 1.29 is 4.79 Å². The maximum absolute atomic E-state index is 12.6. The number of fused-ring (bicyclic) bond motifs is 2. The molecule has 0 aliphatic rings. The molecule has 0 bridgehead atoms. The third kappa shape index (κ3) is 4.23. The van der Waals surface area contributed by atoms with E-state index in [4.69, 9.17) is 23.8 Å². The SMILES string of the molecule is Cc1ccc(C(=O)NC(=S)Nc2cc3nn(-c4cccc5ccccc45)nc3cc2C)c(Cl)c1. The Bertz CT molecular complexity index is 1590. The van der Waals surface area contributed by atoms with Crippen molar-refractivity contribution in [2.24, 2.45) is 0 Å². The zero-order chi connectivity index (χ0) is 23.8. The van der Waals surface area contributed by atoms with Gasteiger partial charge in [0.25, 0.3) is 5.91 Å². The molecule has 2 N–H and O–H groups in total. The van der Waals surface area contributed by atoms with Gasteiger partial charge in [0, 0.05) is 11.1 Å². The van der Waals surface area contributed by atoms with Crippen LogP contribution in [0.2, 0.25) is 5.02 Å². The third-order valence-electron chi connectivity index (χ3n) is 5.55. The molecule has 168 valence electrons. The van der Waals surface area contributed by atoms with Gasteiger partial charge in [-0.2, -0.15) is 0 Å². The predicted octanol–water partition coefficient (Wildman–Crippen LogP) is 5.97. The molecule has 6 nitrogen and oxygen atoms in total. The van der Waals surface area contributed by atoms with Crippen molar-refractivity contribution in [1.29, 1.82) is 0 Å². The number of anilines is 1. The van der Waals surface area contributed by atoms with Gasteiger partial charge in [0.05, 0.1) is 16.3 Å². The van der Waals surface area contributed by atoms with Gasteiger partial charge in [-0.25, -0.2) is 0 Å². The lowest BCUT2D eigenvalue weighted by Gasteiger charge is -2.12. The number of aryl methyl sites for hydroxylation is 2. The van der Waals surface area contributed by atoms with Crippen LogP contribution in [0.15, 0.2) is 72.8 Å². The van der Waals surface area contributed by atoms with Crippen LogP contribution in [0.25, 0.3) is 27.5 Å². The Morgan fingerprint density at radius 2 is 1.68 bits per heavy atom. The quantitative estimate of drug-likeness (QED) is 0.308. The van der Waals surface area contributed by atoms with Crippen molar-refractivity contribution in [3.8, 4) is 5.69 Å². The molecule has 1 aromatic heterocycles. The van der Waals surface area contributed by atoms with Gasteiger partial charge in [0.1, 0.15) is 11.0 Å². The molecule has 0 atom stereocenters. The van der Waals surface area contributed by atoms with E-state index in [1.807, 2.05) is 56.3 Å². The van der Waals surface area contributed by atoms with Crippen LogP contribution in [0.1, 0.15) is 21.5 Å². The Morgan fingerprint density at radius 1 is 0.941 bits per heavy atom. The van der Waals surface area contributed by atoms with Gasteiger partial charge in [-0.05, 0) is 72.9 Å². The second kappa shape index (κ2) is 8.85. The molecular formula is C26H20ClN5OS. The number of amides is 1. The Balaban J connectivity index is 1.40. The topological polar surface area (TPSA) is 71.8 Å². The lowest BCUT2D eigenvalue weighted by Crippen LogP contribution is -2.34. The molecule has 0 aliphatic heterocycles. The summed E-state index contributed by atoms with van der Waals surface area (Å²) in [6.45, 7) is 3.86. The largest absolute Gasteiger partial charge is 0.332 e. The summed E-state index contributed by atoms with van der Waals surface area (Å²) in [5.41, 5.74) is 5.36. The van der Waals surface area contributed by atoms with Gasteiger partial charge in [0.15, 0.2) is 5.11 Å². The molecule has 0 spiro atoms. The molecule has 1 heterocycles. The molecule has 5 aromatic rings. The minimum absolute atomic E-state index is 0.172. The highest BCUT2D eigenvalue weighted by Gasteiger charge is 2.14. The minimum Gasteiger partial charge on any atom is -0.332 e. The Hall–Kier alpha value is -3.81. The van der Waals surface area contributed by atoms with Crippen LogP contribution in [0.5, 0.6) is 0 Å². The number of aromatic nitrogens is 3. The molecule has 1 amide bonds. The number of carbonyl (C=O) groups is 1. The van der Waals surface area contributed by atoms with Crippen molar-refractivity contribution in [1.82, 2.24) is 20.3 Å². The van der Waals surface area contributed by atoms with Crippen LogP contribution >= 0.6 is 23.8 Å². The molecular weight excluding hydrogens is 466 g/mol. The van der Waals surface area contributed by atoms with Crippen molar-refractivity contribution in [2.75, 3.05) is 5.32 Å². The van der Waals surface area contributed by atoms with Gasteiger partial charge in [-0.15, -0.1) is 15.0 Å². The van der Waals surface area contributed by atoms with Crippen LogP contribution in [-0.4, -0.2) is 26.0 Å². The molecule has 0 saturated heterocycles. The standard InChI is InChI=1S/C26H20ClN5OS/c1-15-10-11-19(20(27)12-15)25(33)29-26(34)28-21-14-23-22(13-16(21)2)30-32(31-23)24-9-5-7-17-6-3-4-8-18(17)24/h3-14H,1-2H3,(H2,28,29,33,34). The number of hydrogen-bond acceptors (Lipinski definition) is 4. The Kier molecular flexibility index (Phi) is 5.73. The molecule has 0 aliphatic carbocycles. The molecule has 0 radical (unpaired) electrons. The van der Waals surface area contributed by atoms with E-state index in [1.54, 1.807) is 16.9 Å². The number of hydrogen-bond donors (Lipinski definition) is 2. The first-order valence-electron chi connectivity index (χ1n) is 10.6. The molecule has 5 rings (SSSR count). The summed E-state index contributed by atoms with van der Waals surface area (Å²) in [4.78, 5) is 14.2. The van der Waals surface area contributed by atoms with Crippen molar-refractivity contribution in [3.05, 3.63) is 94.5 Å². The molecule has 0 fully saturated rings. The zero-order valence-corrected chi connectivity index (χ0v) is 20.0. The van der Waals surface area contributed by atoms with E-state index < -0.39 is 0 Å². The lowest BCUT2D eigenvalue weighted by atomic mass is 10.1. The summed E-state index contributed by atoms with van der Waals surface area (Å²) in [6, 6.07) is 23.2. The van der Waals surface area contributed by atoms with Crippen molar-refractivity contribution >= 4 is 62.3 Å². The monoisotopic (exact) mass is 485 g/mol. The van der Waals surface area contributed by atoms with E-state index in [9.17, 15) is 4.79 Å². The van der Waals surface area contributed by atoms with Crippen LogP contribution in [0.3, 0.4) is 0 Å². The molecule has 4 aromatic carbocycles. The van der Waals surface area contributed by atoms with E-state index in [-0.39, 0.29) is 11.0 Å². The second-order valence-electron chi connectivity index (χ2n) is 8.04. The average Bonchev–Trinajstić information content (AvgIpc) is 3.21. The van der Waals surface area contributed by atoms with Gasteiger partial charge in [-0.1, -0.05) is 54.1 Å². The summed E-state index contributed by atoms with van der Waals surface area (Å²) >= 11 is 11.6. The molecule has 0 unspecified atom stereocenters. The summed E-state index contributed by atoms with van der Waals surface area (Å²) in [5, 5.41) is 17.9. The van der Waals surface area contributed by atoms with Crippen LogP contribution in [-0.2, 0) is 0 Å². The van der Waals surface area contributed by atoms with Gasteiger partial charge in [0.2, 0.25) is 0 Å². The minimum atomic E-state index is -0.372. The van der Waals surface area contributed by atoms with Crippen LogP contribution < -0.4 is 10.6 Å². The normalized spacial score (nSPS) is 11.0. The summed E-state index contributed by atoms with van der Waals surface area (Å²) in [5.74, 6) is -0.372. The van der Waals surface area contributed by atoms with Gasteiger partial charge in [-0.3, -0.25) is 10.1 Å². The van der Waals surface area contributed by atoms with Crippen LogP contribution in [0.4, 0.5) is 5.69 Å².